The molecule has 0 bridgehead atoms. The molecule has 0 radical (unpaired) electrons. The molecule has 0 atom stereocenters. The highest BCUT2D eigenvalue weighted by molar-refractivity contribution is 5.70. The number of rotatable bonds is 3. The topological polar surface area (TPSA) is 102 Å². The van der Waals surface area contributed by atoms with Gasteiger partial charge in [-0.15, -0.1) is 0 Å². The van der Waals surface area contributed by atoms with Crippen LogP contribution >= 0.6 is 0 Å². The van der Waals surface area contributed by atoms with Crippen molar-refractivity contribution >= 4 is 17.5 Å². The molecule has 0 amide bonds. The fourth-order valence-corrected chi connectivity index (χ4v) is 2.78. The fourth-order valence-electron chi connectivity index (χ4n) is 2.78. The van der Waals surface area contributed by atoms with Crippen LogP contribution in [0.15, 0.2) is 43.2 Å². The largest absolute Gasteiger partial charge is 0.393 e. The minimum atomic E-state index is 0.533. The van der Waals surface area contributed by atoms with Crippen LogP contribution in [-0.2, 0) is 0 Å². The Labute approximate surface area is 138 Å². The van der Waals surface area contributed by atoms with E-state index in [0.717, 1.165) is 37.9 Å². The second-order valence-electron chi connectivity index (χ2n) is 5.41. The van der Waals surface area contributed by atoms with E-state index >= 15 is 0 Å². The van der Waals surface area contributed by atoms with Crippen molar-refractivity contribution in [2.24, 2.45) is 0 Å². The predicted octanol–water partition coefficient (Wildman–Crippen LogP) is 0.361. The van der Waals surface area contributed by atoms with Gasteiger partial charge < -0.3 is 15.5 Å². The second kappa shape index (κ2) is 6.11. The number of piperazine rings is 1. The minimum absolute atomic E-state index is 0.533. The highest BCUT2D eigenvalue weighted by Crippen LogP contribution is 2.26. The van der Waals surface area contributed by atoms with E-state index in [1.54, 1.807) is 23.3 Å². The lowest BCUT2D eigenvalue weighted by atomic mass is 10.3. The van der Waals surface area contributed by atoms with E-state index in [2.05, 4.69) is 34.8 Å². The molecule has 122 valence electrons. The van der Waals surface area contributed by atoms with Crippen molar-refractivity contribution in [3.8, 4) is 5.82 Å². The van der Waals surface area contributed by atoms with Crippen LogP contribution in [-0.4, -0.2) is 55.9 Å². The summed E-state index contributed by atoms with van der Waals surface area (Å²) in [7, 11) is 0. The normalized spacial score (nSPS) is 14.8. The summed E-state index contributed by atoms with van der Waals surface area (Å²) in [5.74, 6) is 2.09. The first kappa shape index (κ1) is 14.4. The zero-order valence-electron chi connectivity index (χ0n) is 13.0. The summed E-state index contributed by atoms with van der Waals surface area (Å²) in [4.78, 5) is 21.5. The molecule has 1 aliphatic heterocycles. The molecule has 24 heavy (non-hydrogen) atoms. The number of nitrogens with zero attached hydrogens (tertiary/aromatic N) is 8. The highest BCUT2D eigenvalue weighted by Gasteiger charge is 2.22. The molecule has 0 unspecified atom stereocenters. The molecule has 4 heterocycles. The van der Waals surface area contributed by atoms with Gasteiger partial charge in [-0.1, -0.05) is 0 Å². The van der Waals surface area contributed by atoms with Crippen LogP contribution in [0.3, 0.4) is 0 Å². The van der Waals surface area contributed by atoms with Crippen LogP contribution in [0.5, 0.6) is 0 Å². The Balaban J connectivity index is 1.53. The predicted molar refractivity (Wildman–Crippen MR) is 90.0 cm³/mol. The molecule has 0 saturated carbocycles. The summed E-state index contributed by atoms with van der Waals surface area (Å²) in [5.41, 5.74) is 6.82. The van der Waals surface area contributed by atoms with Crippen LogP contribution in [0.2, 0.25) is 0 Å². The third-order valence-corrected chi connectivity index (χ3v) is 3.98. The van der Waals surface area contributed by atoms with Gasteiger partial charge in [0, 0.05) is 51.0 Å². The van der Waals surface area contributed by atoms with E-state index < -0.39 is 0 Å². The molecular formula is C15H17N9. The summed E-state index contributed by atoms with van der Waals surface area (Å²) in [6.07, 6.45) is 8.54. The average Bonchev–Trinajstić information content (AvgIpc) is 3.17. The Morgan fingerprint density at radius 1 is 0.792 bits per heavy atom. The molecule has 2 N–H and O–H groups in total. The number of anilines is 3. The van der Waals surface area contributed by atoms with Gasteiger partial charge in [-0.3, -0.25) is 0 Å². The lowest BCUT2D eigenvalue weighted by Gasteiger charge is -2.35. The summed E-state index contributed by atoms with van der Waals surface area (Å²) in [5, 5.41) is 4.19. The van der Waals surface area contributed by atoms with Gasteiger partial charge in [0.05, 0.1) is 0 Å². The van der Waals surface area contributed by atoms with E-state index in [4.69, 9.17) is 5.73 Å². The third-order valence-electron chi connectivity index (χ3n) is 3.98. The smallest absolute Gasteiger partial charge is 0.225 e. The third kappa shape index (κ3) is 2.60. The van der Waals surface area contributed by atoms with Gasteiger partial charge in [-0.2, -0.15) is 5.10 Å². The maximum absolute atomic E-state index is 6.29. The lowest BCUT2D eigenvalue weighted by Crippen LogP contribution is -2.47. The number of nitrogens with two attached hydrogens (primary N) is 1. The van der Waals surface area contributed by atoms with Gasteiger partial charge in [-0.25, -0.2) is 24.6 Å². The van der Waals surface area contributed by atoms with Crippen LogP contribution < -0.4 is 15.5 Å². The zero-order valence-corrected chi connectivity index (χ0v) is 13.0. The Morgan fingerprint density at radius 3 is 2.21 bits per heavy atom. The van der Waals surface area contributed by atoms with Gasteiger partial charge in [0.1, 0.15) is 12.0 Å². The van der Waals surface area contributed by atoms with Gasteiger partial charge in [-0.05, 0) is 12.1 Å². The monoisotopic (exact) mass is 323 g/mol. The van der Waals surface area contributed by atoms with Crippen molar-refractivity contribution in [2.45, 2.75) is 0 Å². The standard InChI is InChI=1S/C15H17N9/c16-12-13(19-11-20-14(12)24-6-2-5-21-24)22-7-9-23(10-8-22)15-17-3-1-4-18-15/h1-6,11H,7-10,16H2. The van der Waals surface area contributed by atoms with E-state index in [1.807, 2.05) is 18.3 Å². The molecule has 0 aliphatic carbocycles. The lowest BCUT2D eigenvalue weighted by molar-refractivity contribution is 0.634. The molecule has 9 heteroatoms. The van der Waals surface area contributed by atoms with Crippen molar-refractivity contribution in [3.63, 3.8) is 0 Å². The zero-order chi connectivity index (χ0) is 16.4. The van der Waals surface area contributed by atoms with Crippen molar-refractivity contribution < 1.29 is 0 Å². The van der Waals surface area contributed by atoms with Crippen LogP contribution in [0.25, 0.3) is 5.82 Å². The molecule has 3 aromatic rings. The maximum atomic E-state index is 6.29. The van der Waals surface area contributed by atoms with Gasteiger partial charge in [0.15, 0.2) is 11.6 Å². The molecule has 1 aliphatic rings. The van der Waals surface area contributed by atoms with Crippen molar-refractivity contribution in [1.82, 2.24) is 29.7 Å². The molecule has 9 nitrogen and oxygen atoms in total. The SMILES string of the molecule is Nc1c(N2CCN(c3ncccn3)CC2)ncnc1-n1cccn1. The number of nitrogen functional groups attached to an aromatic ring is 1. The maximum Gasteiger partial charge on any atom is 0.225 e. The quantitative estimate of drug-likeness (QED) is 0.737. The fraction of sp³-hybridized carbons (Fsp3) is 0.267. The van der Waals surface area contributed by atoms with E-state index in [1.165, 1.54) is 6.33 Å². The van der Waals surface area contributed by atoms with E-state index in [9.17, 15) is 0 Å². The summed E-state index contributed by atoms with van der Waals surface area (Å²) in [6.45, 7) is 3.20. The molecule has 0 aromatic carbocycles. The minimum Gasteiger partial charge on any atom is -0.393 e. The van der Waals surface area contributed by atoms with Gasteiger partial charge in [0.2, 0.25) is 5.95 Å². The molecule has 3 aromatic heterocycles. The molecular weight excluding hydrogens is 306 g/mol. The first-order chi connectivity index (χ1) is 11.8. The first-order valence-electron chi connectivity index (χ1n) is 7.70. The molecule has 4 rings (SSSR count). The molecule has 0 spiro atoms. The molecule has 1 fully saturated rings. The highest BCUT2D eigenvalue weighted by atomic mass is 15.4. The van der Waals surface area contributed by atoms with Crippen molar-refractivity contribution in [3.05, 3.63) is 43.2 Å². The van der Waals surface area contributed by atoms with Crippen LogP contribution in [0.1, 0.15) is 0 Å². The second-order valence-corrected chi connectivity index (χ2v) is 5.41. The number of hydrogen-bond acceptors (Lipinski definition) is 8. The Morgan fingerprint density at radius 2 is 1.50 bits per heavy atom. The summed E-state index contributed by atoms with van der Waals surface area (Å²) < 4.78 is 1.65. The molecule has 1 saturated heterocycles. The number of hydrogen-bond donors (Lipinski definition) is 1. The van der Waals surface area contributed by atoms with Gasteiger partial charge in [0.25, 0.3) is 0 Å². The Hall–Kier alpha value is -3.23. The van der Waals surface area contributed by atoms with Crippen molar-refractivity contribution in [2.75, 3.05) is 41.7 Å². The average molecular weight is 323 g/mol. The van der Waals surface area contributed by atoms with Crippen LogP contribution in [0, 0.1) is 0 Å². The summed E-state index contributed by atoms with van der Waals surface area (Å²) in [6, 6.07) is 3.65. The number of aromatic nitrogens is 6. The van der Waals surface area contributed by atoms with E-state index in [-0.39, 0.29) is 0 Å². The summed E-state index contributed by atoms with van der Waals surface area (Å²) >= 11 is 0. The van der Waals surface area contributed by atoms with Gasteiger partial charge >= 0.3 is 0 Å². The van der Waals surface area contributed by atoms with Crippen LogP contribution in [0.4, 0.5) is 17.5 Å². The first-order valence-corrected chi connectivity index (χ1v) is 7.70. The Bertz CT molecular complexity index is 795. The van der Waals surface area contributed by atoms with Crippen molar-refractivity contribution in [1.29, 1.82) is 0 Å². The van der Waals surface area contributed by atoms with E-state index in [0.29, 0.717) is 11.5 Å². The Kier molecular flexibility index (Phi) is 3.66.